The number of hydrogen-bond donors (Lipinski definition) is 5. The summed E-state index contributed by atoms with van der Waals surface area (Å²) in [6.45, 7) is 0.167. The van der Waals surface area contributed by atoms with Crippen LogP contribution in [0.5, 0.6) is 0 Å². The van der Waals surface area contributed by atoms with Crippen molar-refractivity contribution in [3.63, 3.8) is 0 Å². The molecule has 0 aromatic carbocycles. The average Bonchev–Trinajstić information content (AvgIpc) is 2.16. The van der Waals surface area contributed by atoms with Crippen molar-refractivity contribution < 1.29 is 25.5 Å². The number of rotatable bonds is 8. The Morgan fingerprint density at radius 2 is 1.36 bits per heavy atom. The van der Waals surface area contributed by atoms with Crippen molar-refractivity contribution in [1.82, 2.24) is 0 Å². The quantitative estimate of drug-likeness (QED) is 0.259. The van der Waals surface area contributed by atoms with Gasteiger partial charge in [-0.2, -0.15) is 0 Å². The minimum absolute atomic E-state index is 0.167. The second-order valence-electron chi connectivity index (χ2n) is 3.40. The zero-order chi connectivity index (χ0) is 11.0. The van der Waals surface area contributed by atoms with E-state index in [0.29, 0.717) is 12.8 Å². The summed E-state index contributed by atoms with van der Waals surface area (Å²) in [5.74, 6) is 0. The van der Waals surface area contributed by atoms with E-state index in [4.69, 9.17) is 20.4 Å². The number of aliphatic hydroxyl groups is 5. The zero-order valence-electron chi connectivity index (χ0n) is 8.21. The molecule has 5 heteroatoms. The first kappa shape index (κ1) is 13.8. The lowest BCUT2D eigenvalue weighted by atomic mass is 10.0. The van der Waals surface area contributed by atoms with Crippen LogP contribution in [0.3, 0.4) is 0 Å². The third-order valence-corrected chi connectivity index (χ3v) is 2.11. The maximum Gasteiger partial charge on any atom is 0.180 e. The fourth-order valence-electron chi connectivity index (χ4n) is 1.19. The van der Waals surface area contributed by atoms with Gasteiger partial charge in [0.2, 0.25) is 0 Å². The Hall–Kier alpha value is -0.200. The van der Waals surface area contributed by atoms with E-state index >= 15 is 0 Å². The van der Waals surface area contributed by atoms with Gasteiger partial charge in [-0.1, -0.05) is 19.3 Å². The maximum atomic E-state index is 9.23. The van der Waals surface area contributed by atoms with Gasteiger partial charge in [-0.3, -0.25) is 0 Å². The zero-order valence-corrected chi connectivity index (χ0v) is 8.21. The van der Waals surface area contributed by atoms with E-state index in [9.17, 15) is 5.11 Å². The summed E-state index contributed by atoms with van der Waals surface area (Å²) in [5.41, 5.74) is 0. The van der Waals surface area contributed by atoms with Crippen LogP contribution < -0.4 is 0 Å². The van der Waals surface area contributed by atoms with Gasteiger partial charge < -0.3 is 25.5 Å². The van der Waals surface area contributed by atoms with Gasteiger partial charge in [0.1, 0.15) is 6.10 Å². The minimum Gasteiger partial charge on any atom is -0.396 e. The van der Waals surface area contributed by atoms with Crippen LogP contribution in [0.1, 0.15) is 32.1 Å². The summed E-state index contributed by atoms with van der Waals surface area (Å²) in [5, 5.41) is 43.8. The van der Waals surface area contributed by atoms with Crippen LogP contribution in [0.4, 0.5) is 0 Å². The maximum absolute atomic E-state index is 9.23. The molecule has 86 valence electrons. The Kier molecular flexibility index (Phi) is 8.02. The molecule has 0 heterocycles. The highest BCUT2D eigenvalue weighted by molar-refractivity contribution is 4.68. The number of aliphatic hydroxyl groups excluding tert-OH is 4. The van der Waals surface area contributed by atoms with Crippen LogP contribution in [0.25, 0.3) is 0 Å². The van der Waals surface area contributed by atoms with Crippen LogP contribution in [0, 0.1) is 0 Å². The van der Waals surface area contributed by atoms with Crippen molar-refractivity contribution in [2.75, 3.05) is 6.61 Å². The van der Waals surface area contributed by atoms with Crippen LogP contribution in [-0.4, -0.2) is 50.6 Å². The highest BCUT2D eigenvalue weighted by Gasteiger charge is 2.21. The summed E-state index contributed by atoms with van der Waals surface area (Å²) in [4.78, 5) is 0. The monoisotopic (exact) mass is 208 g/mol. The summed E-state index contributed by atoms with van der Waals surface area (Å²) in [7, 11) is 0. The number of hydrogen-bond acceptors (Lipinski definition) is 5. The topological polar surface area (TPSA) is 101 Å². The predicted octanol–water partition coefficient (Wildman–Crippen LogP) is -1.04. The summed E-state index contributed by atoms with van der Waals surface area (Å²) < 4.78 is 0. The summed E-state index contributed by atoms with van der Waals surface area (Å²) >= 11 is 0. The Morgan fingerprint density at radius 3 is 1.86 bits per heavy atom. The molecule has 0 saturated heterocycles. The molecule has 0 aliphatic heterocycles. The lowest BCUT2D eigenvalue weighted by Gasteiger charge is -2.18. The van der Waals surface area contributed by atoms with E-state index in [1.54, 1.807) is 0 Å². The molecule has 14 heavy (non-hydrogen) atoms. The lowest BCUT2D eigenvalue weighted by Crippen LogP contribution is -2.37. The Morgan fingerprint density at radius 1 is 0.786 bits per heavy atom. The third-order valence-electron chi connectivity index (χ3n) is 2.11. The molecule has 5 N–H and O–H groups in total. The lowest BCUT2D eigenvalue weighted by molar-refractivity contribution is -0.158. The van der Waals surface area contributed by atoms with Gasteiger partial charge in [0.25, 0.3) is 0 Å². The SMILES string of the molecule is OCCCCCCC(O)C(O)C(O)O. The van der Waals surface area contributed by atoms with E-state index in [1.807, 2.05) is 0 Å². The van der Waals surface area contributed by atoms with E-state index in [2.05, 4.69) is 0 Å². The Labute approximate surface area is 83.6 Å². The molecule has 0 radical (unpaired) electrons. The first-order chi connectivity index (χ1) is 6.59. The molecule has 2 atom stereocenters. The van der Waals surface area contributed by atoms with E-state index in [0.717, 1.165) is 19.3 Å². The summed E-state index contributed by atoms with van der Waals surface area (Å²) in [6.07, 6.45) is -0.970. The standard InChI is InChI=1S/C9H20O5/c10-6-4-2-1-3-5-7(11)8(12)9(13)14/h7-14H,1-6H2. The van der Waals surface area contributed by atoms with Crippen molar-refractivity contribution in [1.29, 1.82) is 0 Å². The molecule has 0 aromatic heterocycles. The molecule has 0 aliphatic rings. The minimum atomic E-state index is -1.89. The van der Waals surface area contributed by atoms with Crippen molar-refractivity contribution in [3.8, 4) is 0 Å². The second kappa shape index (κ2) is 8.14. The smallest absolute Gasteiger partial charge is 0.180 e. The fourth-order valence-corrected chi connectivity index (χ4v) is 1.19. The van der Waals surface area contributed by atoms with Crippen LogP contribution >= 0.6 is 0 Å². The first-order valence-electron chi connectivity index (χ1n) is 4.92. The molecule has 0 amide bonds. The molecule has 0 aromatic rings. The molecule has 0 spiro atoms. The molecule has 0 fully saturated rings. The van der Waals surface area contributed by atoms with Gasteiger partial charge in [-0.05, 0) is 12.8 Å². The average molecular weight is 208 g/mol. The van der Waals surface area contributed by atoms with Crippen LogP contribution in [0.2, 0.25) is 0 Å². The largest absolute Gasteiger partial charge is 0.396 e. The van der Waals surface area contributed by atoms with Gasteiger partial charge in [0.05, 0.1) is 6.10 Å². The predicted molar refractivity (Wildman–Crippen MR) is 50.4 cm³/mol. The summed E-state index contributed by atoms with van der Waals surface area (Å²) in [6, 6.07) is 0. The van der Waals surface area contributed by atoms with Gasteiger partial charge >= 0.3 is 0 Å². The van der Waals surface area contributed by atoms with Crippen molar-refractivity contribution >= 4 is 0 Å². The van der Waals surface area contributed by atoms with Crippen LogP contribution in [-0.2, 0) is 0 Å². The second-order valence-corrected chi connectivity index (χ2v) is 3.40. The van der Waals surface area contributed by atoms with E-state index in [1.165, 1.54) is 0 Å². The van der Waals surface area contributed by atoms with Crippen molar-refractivity contribution in [2.24, 2.45) is 0 Å². The fraction of sp³-hybridized carbons (Fsp3) is 1.00. The Bertz CT molecular complexity index is 128. The van der Waals surface area contributed by atoms with Gasteiger partial charge in [-0.15, -0.1) is 0 Å². The highest BCUT2D eigenvalue weighted by Crippen LogP contribution is 2.09. The highest BCUT2D eigenvalue weighted by atomic mass is 16.5. The molecule has 0 bridgehead atoms. The van der Waals surface area contributed by atoms with Gasteiger partial charge in [0.15, 0.2) is 6.29 Å². The van der Waals surface area contributed by atoms with E-state index in [-0.39, 0.29) is 6.61 Å². The number of unbranched alkanes of at least 4 members (excludes halogenated alkanes) is 3. The molecular formula is C9H20O5. The van der Waals surface area contributed by atoms with Crippen LogP contribution in [0.15, 0.2) is 0 Å². The first-order valence-corrected chi connectivity index (χ1v) is 4.92. The molecule has 5 nitrogen and oxygen atoms in total. The van der Waals surface area contributed by atoms with Gasteiger partial charge in [0, 0.05) is 6.61 Å². The molecule has 0 saturated carbocycles. The van der Waals surface area contributed by atoms with E-state index < -0.39 is 18.5 Å². The molecule has 2 unspecified atom stereocenters. The van der Waals surface area contributed by atoms with Gasteiger partial charge in [-0.25, -0.2) is 0 Å². The third kappa shape index (κ3) is 6.28. The van der Waals surface area contributed by atoms with Crippen molar-refractivity contribution in [2.45, 2.75) is 50.6 Å². The molecule has 0 rings (SSSR count). The Balaban J connectivity index is 3.39. The molecule has 0 aliphatic carbocycles. The van der Waals surface area contributed by atoms with Crippen molar-refractivity contribution in [3.05, 3.63) is 0 Å². The molecular weight excluding hydrogens is 188 g/mol. The normalized spacial score (nSPS) is 15.9.